The fourth-order valence-electron chi connectivity index (χ4n) is 2.20. The van der Waals surface area contributed by atoms with E-state index in [9.17, 15) is 4.39 Å². The van der Waals surface area contributed by atoms with Crippen molar-refractivity contribution in [3.8, 4) is 0 Å². The van der Waals surface area contributed by atoms with Crippen molar-refractivity contribution in [3.05, 3.63) is 29.8 Å². The van der Waals surface area contributed by atoms with Crippen molar-refractivity contribution >= 4 is 0 Å². The number of rotatable bonds is 5. The first kappa shape index (κ1) is 14.1. The van der Waals surface area contributed by atoms with Gasteiger partial charge in [-0.25, -0.2) is 4.39 Å². The van der Waals surface area contributed by atoms with Crippen molar-refractivity contribution < 1.29 is 4.39 Å². The summed E-state index contributed by atoms with van der Waals surface area (Å²) in [6.07, 6.45) is 3.92. The van der Waals surface area contributed by atoms with Crippen molar-refractivity contribution in [3.63, 3.8) is 0 Å². The molecule has 0 spiro atoms. The summed E-state index contributed by atoms with van der Waals surface area (Å²) in [6.45, 7) is 4.30. The number of hydrogen-bond acceptors (Lipinski definition) is 3. The average molecular weight is 239 g/mol. The number of nitrogens with one attached hydrogen (secondary N) is 1. The van der Waals surface area contributed by atoms with Crippen LogP contribution in [0.1, 0.15) is 31.9 Å². The highest BCUT2D eigenvalue weighted by atomic mass is 19.1. The number of halogens is 1. The summed E-state index contributed by atoms with van der Waals surface area (Å²) >= 11 is 0. The summed E-state index contributed by atoms with van der Waals surface area (Å²) in [5.74, 6) is -0.292. The molecule has 2 unspecified atom stereocenters. The third-order valence-electron chi connectivity index (χ3n) is 3.71. The van der Waals surface area contributed by atoms with Crippen LogP contribution in [0.4, 0.5) is 4.39 Å². The Balaban J connectivity index is 3.14. The highest BCUT2D eigenvalue weighted by molar-refractivity contribution is 5.20. The van der Waals surface area contributed by atoms with Crippen LogP contribution in [-0.4, -0.2) is 36.6 Å². The van der Waals surface area contributed by atoms with Gasteiger partial charge in [-0.05, 0) is 46.1 Å². The van der Waals surface area contributed by atoms with E-state index in [2.05, 4.69) is 29.0 Å². The summed E-state index contributed by atoms with van der Waals surface area (Å²) < 4.78 is 13.3. The highest BCUT2D eigenvalue weighted by Gasteiger charge is 2.35. The molecule has 17 heavy (non-hydrogen) atoms. The second-order valence-electron chi connectivity index (χ2n) is 4.76. The minimum Gasteiger partial charge on any atom is -0.311 e. The lowest BCUT2D eigenvalue weighted by Gasteiger charge is -2.42. The number of likely N-dealkylation sites (N-methyl/N-ethyl adjacent to an activating group) is 2. The summed E-state index contributed by atoms with van der Waals surface area (Å²) in [5, 5.41) is 3.27. The lowest BCUT2D eigenvalue weighted by atomic mass is 9.84. The van der Waals surface area contributed by atoms with E-state index in [0.717, 1.165) is 12.0 Å². The van der Waals surface area contributed by atoms with Gasteiger partial charge >= 0.3 is 0 Å². The van der Waals surface area contributed by atoms with Gasteiger partial charge in [0.15, 0.2) is 0 Å². The molecule has 0 aliphatic heterocycles. The number of hydrogen-bond donors (Lipinski definition) is 1. The first-order valence-corrected chi connectivity index (χ1v) is 5.90. The van der Waals surface area contributed by atoms with Gasteiger partial charge in [0.1, 0.15) is 5.82 Å². The van der Waals surface area contributed by atoms with Crippen molar-refractivity contribution in [2.45, 2.75) is 31.8 Å². The second kappa shape index (κ2) is 5.56. The average Bonchev–Trinajstić information content (AvgIpc) is 2.29. The zero-order valence-corrected chi connectivity index (χ0v) is 11.3. The van der Waals surface area contributed by atoms with Crippen molar-refractivity contribution in [2.24, 2.45) is 0 Å². The molecule has 0 amide bonds. The van der Waals surface area contributed by atoms with Crippen LogP contribution >= 0.6 is 0 Å². The largest absolute Gasteiger partial charge is 0.311 e. The second-order valence-corrected chi connectivity index (χ2v) is 4.76. The van der Waals surface area contributed by atoms with Crippen LogP contribution in [0.15, 0.2) is 18.5 Å². The minimum absolute atomic E-state index is 0.0469. The molecule has 1 N–H and O–H groups in total. The molecule has 4 heteroatoms. The van der Waals surface area contributed by atoms with Crippen LogP contribution in [-0.2, 0) is 0 Å². The summed E-state index contributed by atoms with van der Waals surface area (Å²) in [6, 6.07) is 1.59. The standard InChI is InChI=1S/C13H22FN3/c1-6-13(2,17(4)5)12(15-3)10-7-11(14)9-16-8-10/h7-9,12,15H,6H2,1-5H3. The molecule has 0 bridgehead atoms. The smallest absolute Gasteiger partial charge is 0.141 e. The molecule has 96 valence electrons. The van der Waals surface area contributed by atoms with Gasteiger partial charge < -0.3 is 10.2 Å². The van der Waals surface area contributed by atoms with Crippen LogP contribution < -0.4 is 5.32 Å². The first-order valence-electron chi connectivity index (χ1n) is 5.90. The number of aromatic nitrogens is 1. The summed E-state index contributed by atoms with van der Waals surface area (Å²) in [4.78, 5) is 6.09. The molecule has 0 aliphatic rings. The fourth-order valence-corrected chi connectivity index (χ4v) is 2.20. The molecule has 1 heterocycles. The third-order valence-corrected chi connectivity index (χ3v) is 3.71. The SMILES string of the molecule is CCC(C)(C(NC)c1cncc(F)c1)N(C)C. The van der Waals surface area contributed by atoms with E-state index in [1.54, 1.807) is 12.3 Å². The van der Waals surface area contributed by atoms with Crippen molar-refractivity contribution in [1.29, 1.82) is 0 Å². The van der Waals surface area contributed by atoms with Crippen LogP contribution in [0.3, 0.4) is 0 Å². The minimum atomic E-state index is -0.292. The molecule has 0 fully saturated rings. The molecule has 2 atom stereocenters. The third kappa shape index (κ3) is 2.82. The Bertz CT molecular complexity index is 367. The predicted octanol–water partition coefficient (Wildman–Crippen LogP) is 2.21. The number of nitrogens with zero attached hydrogens (tertiary/aromatic N) is 2. The zero-order valence-electron chi connectivity index (χ0n) is 11.3. The Kier molecular flexibility index (Phi) is 4.60. The Hall–Kier alpha value is -1.00. The Labute approximate surface area is 103 Å². The van der Waals surface area contributed by atoms with E-state index in [-0.39, 0.29) is 17.4 Å². The topological polar surface area (TPSA) is 28.2 Å². The molecule has 0 radical (unpaired) electrons. The Morgan fingerprint density at radius 2 is 2.12 bits per heavy atom. The van der Waals surface area contributed by atoms with Crippen LogP contribution in [0.2, 0.25) is 0 Å². The molecule has 0 saturated heterocycles. The van der Waals surface area contributed by atoms with E-state index in [1.165, 1.54) is 6.20 Å². The zero-order chi connectivity index (χ0) is 13.1. The maximum absolute atomic E-state index is 13.3. The molecule has 3 nitrogen and oxygen atoms in total. The number of pyridine rings is 1. The van der Waals surface area contributed by atoms with Crippen molar-refractivity contribution in [2.75, 3.05) is 21.1 Å². The maximum atomic E-state index is 13.3. The molecular formula is C13H22FN3. The molecule has 1 aromatic heterocycles. The lowest BCUT2D eigenvalue weighted by molar-refractivity contribution is 0.116. The van der Waals surface area contributed by atoms with Gasteiger partial charge in [0, 0.05) is 11.7 Å². The predicted molar refractivity (Wildman–Crippen MR) is 68.4 cm³/mol. The van der Waals surface area contributed by atoms with Crippen LogP contribution in [0.25, 0.3) is 0 Å². The molecule has 1 rings (SSSR count). The first-order chi connectivity index (χ1) is 7.95. The normalized spacial score (nSPS) is 16.9. The van der Waals surface area contributed by atoms with Gasteiger partial charge in [-0.2, -0.15) is 0 Å². The van der Waals surface area contributed by atoms with E-state index < -0.39 is 0 Å². The maximum Gasteiger partial charge on any atom is 0.141 e. The highest BCUT2D eigenvalue weighted by Crippen LogP contribution is 2.32. The van der Waals surface area contributed by atoms with Gasteiger partial charge in [-0.3, -0.25) is 4.98 Å². The van der Waals surface area contributed by atoms with E-state index in [0.29, 0.717) is 0 Å². The monoisotopic (exact) mass is 239 g/mol. The van der Waals surface area contributed by atoms with Gasteiger partial charge in [0.2, 0.25) is 0 Å². The van der Waals surface area contributed by atoms with Crippen LogP contribution in [0, 0.1) is 5.82 Å². The quantitative estimate of drug-likeness (QED) is 0.854. The van der Waals surface area contributed by atoms with E-state index >= 15 is 0 Å². The Morgan fingerprint density at radius 3 is 2.53 bits per heavy atom. The molecule has 0 aliphatic carbocycles. The van der Waals surface area contributed by atoms with Gasteiger partial charge in [-0.15, -0.1) is 0 Å². The molecule has 0 aromatic carbocycles. The van der Waals surface area contributed by atoms with E-state index in [4.69, 9.17) is 0 Å². The molecule has 1 aromatic rings. The van der Waals surface area contributed by atoms with Gasteiger partial charge in [-0.1, -0.05) is 6.92 Å². The van der Waals surface area contributed by atoms with Gasteiger partial charge in [0.25, 0.3) is 0 Å². The molecular weight excluding hydrogens is 217 g/mol. The van der Waals surface area contributed by atoms with Gasteiger partial charge in [0.05, 0.1) is 12.2 Å². The fraction of sp³-hybridized carbons (Fsp3) is 0.615. The lowest BCUT2D eigenvalue weighted by Crippen LogP contribution is -2.50. The van der Waals surface area contributed by atoms with Crippen molar-refractivity contribution in [1.82, 2.24) is 15.2 Å². The Morgan fingerprint density at radius 1 is 1.47 bits per heavy atom. The van der Waals surface area contributed by atoms with E-state index in [1.807, 2.05) is 21.1 Å². The summed E-state index contributed by atoms with van der Waals surface area (Å²) in [7, 11) is 5.98. The summed E-state index contributed by atoms with van der Waals surface area (Å²) in [5.41, 5.74) is 0.801. The van der Waals surface area contributed by atoms with Crippen LogP contribution in [0.5, 0.6) is 0 Å². The molecule has 0 saturated carbocycles.